The van der Waals surface area contributed by atoms with Crippen molar-refractivity contribution in [1.82, 2.24) is 20.2 Å². The van der Waals surface area contributed by atoms with Crippen LogP contribution in [0.1, 0.15) is 17.5 Å². The van der Waals surface area contributed by atoms with Gasteiger partial charge in [-0.15, -0.1) is 24.8 Å². The number of imidazole rings is 1. The van der Waals surface area contributed by atoms with Gasteiger partial charge in [0.25, 0.3) is 0 Å². The van der Waals surface area contributed by atoms with Gasteiger partial charge in [0, 0.05) is 32.0 Å². The quantitative estimate of drug-likeness (QED) is 0.861. The molecule has 1 aromatic carbocycles. The second-order valence-electron chi connectivity index (χ2n) is 5.46. The number of halogens is 2. The summed E-state index contributed by atoms with van der Waals surface area (Å²) in [6.45, 7) is 3.16. The number of hydrogen-bond donors (Lipinski definition) is 2. The summed E-state index contributed by atoms with van der Waals surface area (Å²) in [4.78, 5) is 16.0. The molecule has 0 bridgehead atoms. The number of carbonyl (C=O) groups is 1. The first-order chi connectivity index (χ1) is 10.3. The van der Waals surface area contributed by atoms with Crippen molar-refractivity contribution in [1.29, 1.82) is 0 Å². The summed E-state index contributed by atoms with van der Waals surface area (Å²) < 4.78 is 2.03. The van der Waals surface area contributed by atoms with E-state index in [1.165, 1.54) is 5.56 Å². The van der Waals surface area contributed by atoms with Gasteiger partial charge in [0.05, 0.1) is 12.2 Å². The van der Waals surface area contributed by atoms with Crippen molar-refractivity contribution < 1.29 is 4.79 Å². The SMILES string of the molecule is Cl.Cl.O=C(NCc1ccc(Cn2ccnc2)cc1)C1CCNC1. The molecule has 1 aromatic heterocycles. The number of nitrogens with one attached hydrogen (secondary N) is 2. The Hall–Kier alpha value is -1.56. The van der Waals surface area contributed by atoms with Crippen molar-refractivity contribution in [2.75, 3.05) is 13.1 Å². The van der Waals surface area contributed by atoms with Crippen molar-refractivity contribution in [2.45, 2.75) is 19.5 Å². The Balaban J connectivity index is 0.00000132. The van der Waals surface area contributed by atoms with Crippen LogP contribution >= 0.6 is 24.8 Å². The molecule has 23 heavy (non-hydrogen) atoms. The Labute approximate surface area is 148 Å². The van der Waals surface area contributed by atoms with Gasteiger partial charge in [-0.3, -0.25) is 4.79 Å². The number of rotatable bonds is 5. The largest absolute Gasteiger partial charge is 0.352 e. The highest BCUT2D eigenvalue weighted by atomic mass is 35.5. The van der Waals surface area contributed by atoms with Gasteiger partial charge in [0.15, 0.2) is 0 Å². The second kappa shape index (κ2) is 9.55. The third-order valence-electron chi connectivity index (χ3n) is 3.85. The van der Waals surface area contributed by atoms with E-state index < -0.39 is 0 Å². The normalized spacial score (nSPS) is 16.3. The Bertz CT molecular complexity index is 581. The topological polar surface area (TPSA) is 59.0 Å². The van der Waals surface area contributed by atoms with Crippen molar-refractivity contribution in [3.63, 3.8) is 0 Å². The molecule has 1 aliphatic rings. The zero-order valence-electron chi connectivity index (χ0n) is 12.8. The fraction of sp³-hybridized carbons (Fsp3) is 0.375. The number of hydrogen-bond acceptors (Lipinski definition) is 3. The summed E-state index contributed by atoms with van der Waals surface area (Å²) in [7, 11) is 0. The zero-order chi connectivity index (χ0) is 14.5. The van der Waals surface area contributed by atoms with Crippen molar-refractivity contribution in [3.8, 4) is 0 Å². The maximum atomic E-state index is 11.9. The van der Waals surface area contributed by atoms with Crippen LogP contribution in [-0.4, -0.2) is 28.5 Å². The summed E-state index contributed by atoms with van der Waals surface area (Å²) in [5.41, 5.74) is 2.35. The molecule has 1 amide bonds. The third kappa shape index (κ3) is 5.53. The first kappa shape index (κ1) is 19.5. The molecule has 1 atom stereocenters. The molecular formula is C16H22Cl2N4O. The predicted octanol–water partition coefficient (Wildman–Crippen LogP) is 2.00. The van der Waals surface area contributed by atoms with E-state index in [4.69, 9.17) is 0 Å². The molecule has 3 rings (SSSR count). The lowest BCUT2D eigenvalue weighted by Gasteiger charge is -2.10. The molecule has 1 aliphatic heterocycles. The maximum absolute atomic E-state index is 11.9. The van der Waals surface area contributed by atoms with Gasteiger partial charge in [-0.25, -0.2) is 4.98 Å². The Kier molecular flexibility index (Phi) is 8.09. The molecule has 126 valence electrons. The van der Waals surface area contributed by atoms with Gasteiger partial charge in [-0.1, -0.05) is 24.3 Å². The van der Waals surface area contributed by atoms with Crippen molar-refractivity contribution >= 4 is 30.7 Å². The molecule has 0 saturated carbocycles. The van der Waals surface area contributed by atoms with Crippen LogP contribution < -0.4 is 10.6 Å². The molecule has 2 N–H and O–H groups in total. The number of aromatic nitrogens is 2. The lowest BCUT2D eigenvalue weighted by molar-refractivity contribution is -0.124. The smallest absolute Gasteiger partial charge is 0.224 e. The molecule has 1 saturated heterocycles. The molecule has 1 unspecified atom stereocenters. The average Bonchev–Trinajstić information content (AvgIpc) is 3.19. The number of carbonyl (C=O) groups excluding carboxylic acids is 1. The highest BCUT2D eigenvalue weighted by Crippen LogP contribution is 2.09. The van der Waals surface area contributed by atoms with E-state index in [1.807, 2.05) is 17.1 Å². The van der Waals surface area contributed by atoms with Crippen molar-refractivity contribution in [3.05, 3.63) is 54.1 Å². The molecular weight excluding hydrogens is 335 g/mol. The maximum Gasteiger partial charge on any atom is 0.224 e. The highest BCUT2D eigenvalue weighted by Gasteiger charge is 2.21. The van der Waals surface area contributed by atoms with Crippen LogP contribution in [-0.2, 0) is 17.9 Å². The van der Waals surface area contributed by atoms with E-state index in [2.05, 4.69) is 39.9 Å². The third-order valence-corrected chi connectivity index (χ3v) is 3.85. The molecule has 0 aliphatic carbocycles. The van der Waals surface area contributed by atoms with Gasteiger partial charge in [-0.2, -0.15) is 0 Å². The predicted molar refractivity (Wildman–Crippen MR) is 95.1 cm³/mol. The van der Waals surface area contributed by atoms with Crippen LogP contribution in [0.2, 0.25) is 0 Å². The van der Waals surface area contributed by atoms with E-state index in [0.717, 1.165) is 31.6 Å². The standard InChI is InChI=1S/C16H20N4O.2ClH/c21-16(15-5-6-17-10-15)19-9-13-1-3-14(4-2-13)11-20-8-7-18-12-20;;/h1-4,7-8,12,15,17H,5-6,9-11H2,(H,19,21);2*1H. The number of benzene rings is 1. The number of amides is 1. The highest BCUT2D eigenvalue weighted by molar-refractivity contribution is 5.85. The van der Waals surface area contributed by atoms with Gasteiger partial charge in [0.2, 0.25) is 5.91 Å². The summed E-state index contributed by atoms with van der Waals surface area (Å²) in [6.07, 6.45) is 6.48. The van der Waals surface area contributed by atoms with Crippen LogP contribution in [0.5, 0.6) is 0 Å². The lowest BCUT2D eigenvalue weighted by Crippen LogP contribution is -2.31. The molecule has 0 spiro atoms. The summed E-state index contributed by atoms with van der Waals surface area (Å²) in [5, 5.41) is 6.22. The Morgan fingerprint density at radius 3 is 2.61 bits per heavy atom. The van der Waals surface area contributed by atoms with Gasteiger partial charge in [0.1, 0.15) is 0 Å². The minimum absolute atomic E-state index is 0. The first-order valence-electron chi connectivity index (χ1n) is 7.33. The zero-order valence-corrected chi connectivity index (χ0v) is 14.4. The van der Waals surface area contributed by atoms with Crippen LogP contribution in [0.3, 0.4) is 0 Å². The van der Waals surface area contributed by atoms with E-state index >= 15 is 0 Å². The molecule has 2 heterocycles. The fourth-order valence-electron chi connectivity index (χ4n) is 2.57. The fourth-order valence-corrected chi connectivity index (χ4v) is 2.57. The Morgan fingerprint density at radius 1 is 1.26 bits per heavy atom. The van der Waals surface area contributed by atoms with E-state index in [-0.39, 0.29) is 36.6 Å². The van der Waals surface area contributed by atoms with Gasteiger partial charge < -0.3 is 15.2 Å². The first-order valence-corrected chi connectivity index (χ1v) is 7.33. The van der Waals surface area contributed by atoms with E-state index in [1.54, 1.807) is 6.20 Å². The monoisotopic (exact) mass is 356 g/mol. The minimum atomic E-state index is 0. The number of nitrogens with zero attached hydrogens (tertiary/aromatic N) is 2. The second-order valence-corrected chi connectivity index (χ2v) is 5.46. The summed E-state index contributed by atoms with van der Waals surface area (Å²) >= 11 is 0. The van der Waals surface area contributed by atoms with E-state index in [9.17, 15) is 4.79 Å². The van der Waals surface area contributed by atoms with Crippen LogP contribution in [0.15, 0.2) is 43.0 Å². The molecule has 5 nitrogen and oxygen atoms in total. The summed E-state index contributed by atoms with van der Waals surface area (Å²) in [5.74, 6) is 0.285. The molecule has 0 radical (unpaired) electrons. The summed E-state index contributed by atoms with van der Waals surface area (Å²) in [6, 6.07) is 8.33. The van der Waals surface area contributed by atoms with Crippen LogP contribution in [0.25, 0.3) is 0 Å². The van der Waals surface area contributed by atoms with Gasteiger partial charge >= 0.3 is 0 Å². The molecule has 2 aromatic rings. The van der Waals surface area contributed by atoms with Crippen molar-refractivity contribution in [2.24, 2.45) is 5.92 Å². The minimum Gasteiger partial charge on any atom is -0.352 e. The lowest BCUT2D eigenvalue weighted by atomic mass is 10.1. The van der Waals surface area contributed by atoms with E-state index in [0.29, 0.717) is 6.54 Å². The average molecular weight is 357 g/mol. The van der Waals surface area contributed by atoms with Crippen LogP contribution in [0, 0.1) is 5.92 Å². The van der Waals surface area contributed by atoms with Gasteiger partial charge in [-0.05, 0) is 24.1 Å². The van der Waals surface area contributed by atoms with Crippen LogP contribution in [0.4, 0.5) is 0 Å². The Morgan fingerprint density at radius 2 is 2.00 bits per heavy atom. The molecule has 1 fully saturated rings. The molecule has 7 heteroatoms.